The molecule has 0 aromatic carbocycles. The molecule has 3 unspecified atom stereocenters. The maximum Gasteiger partial charge on any atom is 0.236 e. The second-order valence-electron chi connectivity index (χ2n) is 5.16. The number of nitrogens with two attached hydrogens (primary N) is 1. The van der Waals surface area contributed by atoms with Crippen LogP contribution in [-0.2, 0) is 4.79 Å². The summed E-state index contributed by atoms with van der Waals surface area (Å²) in [5.74, 6) is 1.46. The van der Waals surface area contributed by atoms with Gasteiger partial charge in [-0.15, -0.1) is 0 Å². The quantitative estimate of drug-likeness (QED) is 0.728. The lowest BCUT2D eigenvalue weighted by Gasteiger charge is -2.18. The van der Waals surface area contributed by atoms with Crippen LogP contribution < -0.4 is 11.1 Å². The highest BCUT2D eigenvalue weighted by Crippen LogP contribution is 2.30. The molecule has 16 heavy (non-hydrogen) atoms. The summed E-state index contributed by atoms with van der Waals surface area (Å²) < 4.78 is 0. The molecule has 1 saturated carbocycles. The molecular weight excluding hydrogens is 200 g/mol. The number of carbonyl (C=O) groups is 1. The monoisotopic (exact) mass is 226 g/mol. The molecule has 1 fully saturated rings. The molecule has 0 aliphatic heterocycles. The molecule has 0 bridgehead atoms. The van der Waals surface area contributed by atoms with E-state index >= 15 is 0 Å². The smallest absolute Gasteiger partial charge is 0.236 e. The Balaban J connectivity index is 2.18. The number of unbranched alkanes of at least 4 members (excludes halogenated alkanes) is 1. The Morgan fingerprint density at radius 2 is 2.25 bits per heavy atom. The standard InChI is InChI=1S/C13H26N2O/c1-3-4-8-12(14)13(16)15-9-11-7-5-6-10(11)2/h10-12H,3-9,14H2,1-2H3,(H,15,16). The van der Waals surface area contributed by atoms with Gasteiger partial charge in [0.2, 0.25) is 5.91 Å². The van der Waals surface area contributed by atoms with Crippen LogP contribution in [0.2, 0.25) is 0 Å². The van der Waals surface area contributed by atoms with Crippen molar-refractivity contribution in [1.29, 1.82) is 0 Å². The van der Waals surface area contributed by atoms with Crippen molar-refractivity contribution in [2.45, 2.75) is 58.4 Å². The minimum Gasteiger partial charge on any atom is -0.354 e. The van der Waals surface area contributed by atoms with Crippen molar-refractivity contribution in [3.05, 3.63) is 0 Å². The Kier molecular flexibility index (Phi) is 5.81. The molecule has 94 valence electrons. The van der Waals surface area contributed by atoms with Crippen LogP contribution in [0, 0.1) is 11.8 Å². The molecule has 0 aromatic heterocycles. The normalized spacial score (nSPS) is 26.7. The Hall–Kier alpha value is -0.570. The molecule has 3 heteroatoms. The number of rotatable bonds is 6. The number of carbonyl (C=O) groups excluding carboxylic acids is 1. The first kappa shape index (κ1) is 13.5. The van der Waals surface area contributed by atoms with Gasteiger partial charge in [-0.2, -0.15) is 0 Å². The van der Waals surface area contributed by atoms with Crippen molar-refractivity contribution in [3.8, 4) is 0 Å². The largest absolute Gasteiger partial charge is 0.354 e. The number of nitrogens with one attached hydrogen (secondary N) is 1. The van der Waals surface area contributed by atoms with Gasteiger partial charge >= 0.3 is 0 Å². The van der Waals surface area contributed by atoms with Crippen LogP contribution in [0.25, 0.3) is 0 Å². The SMILES string of the molecule is CCCCC(N)C(=O)NCC1CCCC1C. The van der Waals surface area contributed by atoms with E-state index in [9.17, 15) is 4.79 Å². The zero-order valence-corrected chi connectivity index (χ0v) is 10.7. The first-order valence-electron chi connectivity index (χ1n) is 6.68. The Morgan fingerprint density at radius 3 is 2.81 bits per heavy atom. The average molecular weight is 226 g/mol. The van der Waals surface area contributed by atoms with E-state index in [1.54, 1.807) is 0 Å². The van der Waals surface area contributed by atoms with E-state index in [0.29, 0.717) is 5.92 Å². The van der Waals surface area contributed by atoms with E-state index in [1.807, 2.05) is 0 Å². The molecule has 0 heterocycles. The molecule has 3 atom stereocenters. The van der Waals surface area contributed by atoms with Gasteiger partial charge in [-0.1, -0.05) is 39.5 Å². The van der Waals surface area contributed by atoms with Gasteiger partial charge in [0.25, 0.3) is 0 Å². The third-order valence-corrected chi connectivity index (χ3v) is 3.78. The summed E-state index contributed by atoms with van der Waals surface area (Å²) in [5.41, 5.74) is 5.81. The van der Waals surface area contributed by atoms with Gasteiger partial charge in [0.05, 0.1) is 6.04 Å². The fraction of sp³-hybridized carbons (Fsp3) is 0.923. The second kappa shape index (κ2) is 6.89. The van der Waals surface area contributed by atoms with Crippen molar-refractivity contribution >= 4 is 5.91 Å². The highest BCUT2D eigenvalue weighted by Gasteiger charge is 2.24. The van der Waals surface area contributed by atoms with Crippen LogP contribution in [0.4, 0.5) is 0 Å². The van der Waals surface area contributed by atoms with Crippen molar-refractivity contribution in [2.75, 3.05) is 6.54 Å². The van der Waals surface area contributed by atoms with E-state index in [0.717, 1.165) is 31.7 Å². The van der Waals surface area contributed by atoms with Gasteiger partial charge in [-0.25, -0.2) is 0 Å². The van der Waals surface area contributed by atoms with Gasteiger partial charge < -0.3 is 11.1 Å². The molecule has 0 radical (unpaired) electrons. The van der Waals surface area contributed by atoms with Crippen molar-refractivity contribution in [1.82, 2.24) is 5.32 Å². The Bertz CT molecular complexity index is 218. The Morgan fingerprint density at radius 1 is 1.50 bits per heavy atom. The maximum atomic E-state index is 11.7. The summed E-state index contributed by atoms with van der Waals surface area (Å²) in [6, 6.07) is -0.309. The fourth-order valence-electron chi connectivity index (χ4n) is 2.44. The maximum absolute atomic E-state index is 11.7. The molecule has 1 aliphatic rings. The summed E-state index contributed by atoms with van der Waals surface area (Å²) in [5, 5.41) is 3.00. The lowest BCUT2D eigenvalue weighted by atomic mass is 9.98. The van der Waals surface area contributed by atoms with E-state index < -0.39 is 0 Å². The third kappa shape index (κ3) is 4.12. The zero-order valence-electron chi connectivity index (χ0n) is 10.7. The highest BCUT2D eigenvalue weighted by atomic mass is 16.2. The van der Waals surface area contributed by atoms with Gasteiger partial charge in [-0.3, -0.25) is 4.79 Å². The number of hydrogen-bond acceptors (Lipinski definition) is 2. The van der Waals surface area contributed by atoms with Gasteiger partial charge in [0.1, 0.15) is 0 Å². The summed E-state index contributed by atoms with van der Waals surface area (Å²) in [7, 11) is 0. The first-order chi connectivity index (χ1) is 7.65. The lowest BCUT2D eigenvalue weighted by molar-refractivity contribution is -0.122. The first-order valence-corrected chi connectivity index (χ1v) is 6.68. The van der Waals surface area contributed by atoms with Crippen LogP contribution in [0.15, 0.2) is 0 Å². The van der Waals surface area contributed by atoms with E-state index in [1.165, 1.54) is 19.3 Å². The average Bonchev–Trinajstić information content (AvgIpc) is 2.68. The predicted molar refractivity (Wildman–Crippen MR) is 67.0 cm³/mol. The van der Waals surface area contributed by atoms with Gasteiger partial charge in [0, 0.05) is 6.54 Å². The fourth-order valence-corrected chi connectivity index (χ4v) is 2.44. The molecule has 0 spiro atoms. The number of amides is 1. The van der Waals surface area contributed by atoms with Gasteiger partial charge in [-0.05, 0) is 24.7 Å². The minimum atomic E-state index is -0.309. The molecule has 1 amide bonds. The summed E-state index contributed by atoms with van der Waals surface area (Å²) >= 11 is 0. The third-order valence-electron chi connectivity index (χ3n) is 3.78. The van der Waals surface area contributed by atoms with Crippen molar-refractivity contribution < 1.29 is 4.79 Å². The molecule has 3 nitrogen and oxygen atoms in total. The van der Waals surface area contributed by atoms with Crippen molar-refractivity contribution in [2.24, 2.45) is 17.6 Å². The predicted octanol–water partition coefficient (Wildman–Crippen LogP) is 2.06. The highest BCUT2D eigenvalue weighted by molar-refractivity contribution is 5.81. The van der Waals surface area contributed by atoms with Crippen LogP contribution in [-0.4, -0.2) is 18.5 Å². The van der Waals surface area contributed by atoms with E-state index in [4.69, 9.17) is 5.73 Å². The summed E-state index contributed by atoms with van der Waals surface area (Å²) in [6.07, 6.45) is 6.81. The molecular formula is C13H26N2O. The van der Waals surface area contributed by atoms with Gasteiger partial charge in [0.15, 0.2) is 0 Å². The lowest BCUT2D eigenvalue weighted by Crippen LogP contribution is -2.42. The summed E-state index contributed by atoms with van der Waals surface area (Å²) in [4.78, 5) is 11.7. The molecule has 0 aromatic rings. The molecule has 1 rings (SSSR count). The van der Waals surface area contributed by atoms with E-state index in [2.05, 4.69) is 19.2 Å². The van der Waals surface area contributed by atoms with E-state index in [-0.39, 0.29) is 11.9 Å². The topological polar surface area (TPSA) is 55.1 Å². The molecule has 1 aliphatic carbocycles. The van der Waals surface area contributed by atoms with Crippen LogP contribution in [0.3, 0.4) is 0 Å². The summed E-state index contributed by atoms with van der Waals surface area (Å²) in [6.45, 7) is 5.21. The number of hydrogen-bond donors (Lipinski definition) is 2. The Labute approximate surface area is 99.2 Å². The van der Waals surface area contributed by atoms with Crippen LogP contribution in [0.1, 0.15) is 52.4 Å². The molecule has 0 saturated heterocycles. The van der Waals surface area contributed by atoms with Crippen molar-refractivity contribution in [3.63, 3.8) is 0 Å². The second-order valence-corrected chi connectivity index (χ2v) is 5.16. The zero-order chi connectivity index (χ0) is 12.0. The molecule has 3 N–H and O–H groups in total. The van der Waals surface area contributed by atoms with Crippen LogP contribution in [0.5, 0.6) is 0 Å². The minimum absolute atomic E-state index is 0.0348. The van der Waals surface area contributed by atoms with Crippen LogP contribution >= 0.6 is 0 Å².